The maximum absolute atomic E-state index is 10.6. The molecule has 1 heterocycles. The van der Waals surface area contributed by atoms with Crippen molar-refractivity contribution in [1.29, 1.82) is 0 Å². The summed E-state index contributed by atoms with van der Waals surface area (Å²) >= 11 is 0. The lowest BCUT2D eigenvalue weighted by atomic mass is 10.0. The van der Waals surface area contributed by atoms with Crippen LogP contribution in [0.25, 0.3) is 0 Å². The van der Waals surface area contributed by atoms with Crippen LogP contribution in [0.2, 0.25) is 0 Å². The quantitative estimate of drug-likeness (QED) is 0.693. The van der Waals surface area contributed by atoms with Gasteiger partial charge in [0.1, 0.15) is 5.75 Å². The van der Waals surface area contributed by atoms with E-state index < -0.39 is 4.92 Å². The maximum atomic E-state index is 10.6. The van der Waals surface area contributed by atoms with Crippen LogP contribution in [0.4, 0.5) is 11.4 Å². The van der Waals surface area contributed by atoms with Crippen molar-refractivity contribution in [2.75, 3.05) is 12.0 Å². The van der Waals surface area contributed by atoms with Crippen molar-refractivity contribution in [2.45, 2.75) is 6.42 Å². The second kappa shape index (κ2) is 5.62. The number of nitrogens with one attached hydrogen (secondary N) is 1. The van der Waals surface area contributed by atoms with Crippen LogP contribution in [-0.4, -0.2) is 17.2 Å². The van der Waals surface area contributed by atoms with E-state index in [1.807, 2.05) is 24.3 Å². The van der Waals surface area contributed by atoms with Crippen molar-refractivity contribution in [3.8, 4) is 5.75 Å². The molecule has 2 aromatic rings. The molecule has 3 rings (SSSR count). The highest BCUT2D eigenvalue weighted by molar-refractivity contribution is 6.04. The van der Waals surface area contributed by atoms with E-state index in [4.69, 9.17) is 4.74 Å². The fourth-order valence-corrected chi connectivity index (χ4v) is 2.13. The average molecular weight is 283 g/mol. The number of benzene rings is 2. The first-order valence-electron chi connectivity index (χ1n) is 6.53. The number of hydrogen-bond donors (Lipinski definition) is 1. The Kier molecular flexibility index (Phi) is 3.51. The van der Waals surface area contributed by atoms with E-state index in [0.717, 1.165) is 23.4 Å². The minimum atomic E-state index is -0.426. The summed E-state index contributed by atoms with van der Waals surface area (Å²) < 4.78 is 5.56. The zero-order valence-electron chi connectivity index (χ0n) is 11.2. The maximum Gasteiger partial charge on any atom is 0.269 e. The van der Waals surface area contributed by atoms with E-state index in [0.29, 0.717) is 12.3 Å². The molecule has 0 radical (unpaired) electrons. The van der Waals surface area contributed by atoms with Crippen LogP contribution in [0, 0.1) is 10.1 Å². The minimum absolute atomic E-state index is 0.0598. The second-order valence-corrected chi connectivity index (χ2v) is 4.57. The van der Waals surface area contributed by atoms with E-state index in [1.54, 1.807) is 12.1 Å². The van der Waals surface area contributed by atoms with Gasteiger partial charge in [-0.3, -0.25) is 15.5 Å². The summed E-state index contributed by atoms with van der Waals surface area (Å²) in [5, 5.41) is 15.0. The van der Waals surface area contributed by atoms with Crippen LogP contribution >= 0.6 is 0 Å². The van der Waals surface area contributed by atoms with Gasteiger partial charge in [-0.15, -0.1) is 0 Å². The van der Waals surface area contributed by atoms with Crippen LogP contribution in [0.5, 0.6) is 5.75 Å². The van der Waals surface area contributed by atoms with Crippen molar-refractivity contribution in [1.82, 2.24) is 0 Å². The van der Waals surface area contributed by atoms with Gasteiger partial charge in [0.15, 0.2) is 0 Å². The van der Waals surface area contributed by atoms with Crippen molar-refractivity contribution < 1.29 is 9.66 Å². The van der Waals surface area contributed by atoms with E-state index in [-0.39, 0.29) is 5.69 Å². The predicted molar refractivity (Wildman–Crippen MR) is 79.8 cm³/mol. The van der Waals surface area contributed by atoms with Gasteiger partial charge in [-0.1, -0.05) is 12.1 Å². The third kappa shape index (κ3) is 2.84. The lowest BCUT2D eigenvalue weighted by Crippen LogP contribution is -2.17. The summed E-state index contributed by atoms with van der Waals surface area (Å²) in [7, 11) is 0. The van der Waals surface area contributed by atoms with Gasteiger partial charge >= 0.3 is 0 Å². The molecule has 0 spiro atoms. The number of nitro groups is 1. The highest BCUT2D eigenvalue weighted by atomic mass is 16.6. The summed E-state index contributed by atoms with van der Waals surface area (Å²) in [6.45, 7) is 0.595. The standard InChI is InChI=1S/C15H13N3O3/c19-18(20)12-7-5-11(6-8-12)16-17-14-9-10-21-15-4-2-1-3-13(14)15/h1-8,16H,9-10H2/b17-14-. The molecular weight excluding hydrogens is 270 g/mol. The van der Waals surface area contributed by atoms with E-state index in [2.05, 4.69) is 10.5 Å². The average Bonchev–Trinajstić information content (AvgIpc) is 2.53. The number of nitrogens with zero attached hydrogens (tertiary/aromatic N) is 2. The zero-order valence-corrected chi connectivity index (χ0v) is 11.2. The Labute approximate surface area is 121 Å². The monoisotopic (exact) mass is 283 g/mol. The number of fused-ring (bicyclic) bond motifs is 1. The van der Waals surface area contributed by atoms with Crippen LogP contribution in [-0.2, 0) is 0 Å². The molecule has 0 saturated carbocycles. The molecule has 0 aliphatic carbocycles. The van der Waals surface area contributed by atoms with Gasteiger partial charge in [0.05, 0.1) is 22.9 Å². The van der Waals surface area contributed by atoms with Gasteiger partial charge in [-0.2, -0.15) is 5.10 Å². The Morgan fingerprint density at radius 2 is 1.90 bits per heavy atom. The molecular formula is C15H13N3O3. The first-order valence-corrected chi connectivity index (χ1v) is 6.53. The summed E-state index contributed by atoms with van der Waals surface area (Å²) in [6, 6.07) is 13.9. The smallest absolute Gasteiger partial charge is 0.269 e. The predicted octanol–water partition coefficient (Wildman–Crippen LogP) is 3.19. The molecule has 106 valence electrons. The molecule has 1 N–H and O–H groups in total. The number of anilines is 1. The number of para-hydroxylation sites is 1. The van der Waals surface area contributed by atoms with Gasteiger partial charge in [0, 0.05) is 24.1 Å². The van der Waals surface area contributed by atoms with Crippen LogP contribution < -0.4 is 10.2 Å². The van der Waals surface area contributed by atoms with Crippen LogP contribution in [0.15, 0.2) is 53.6 Å². The highest BCUT2D eigenvalue weighted by Crippen LogP contribution is 2.24. The molecule has 1 aliphatic heterocycles. The van der Waals surface area contributed by atoms with Gasteiger partial charge in [0.25, 0.3) is 5.69 Å². The second-order valence-electron chi connectivity index (χ2n) is 4.57. The summed E-state index contributed by atoms with van der Waals surface area (Å²) in [4.78, 5) is 10.2. The molecule has 0 bridgehead atoms. The Bertz CT molecular complexity index is 696. The molecule has 21 heavy (non-hydrogen) atoms. The lowest BCUT2D eigenvalue weighted by Gasteiger charge is -2.18. The molecule has 0 unspecified atom stereocenters. The number of nitro benzene ring substituents is 1. The lowest BCUT2D eigenvalue weighted by molar-refractivity contribution is -0.384. The Balaban J connectivity index is 1.79. The summed E-state index contributed by atoms with van der Waals surface area (Å²) in [5.74, 6) is 0.827. The largest absolute Gasteiger partial charge is 0.492 e. The number of rotatable bonds is 3. The molecule has 2 aromatic carbocycles. The van der Waals surface area contributed by atoms with Gasteiger partial charge in [-0.25, -0.2) is 0 Å². The first kappa shape index (κ1) is 13.1. The van der Waals surface area contributed by atoms with Crippen molar-refractivity contribution in [3.63, 3.8) is 0 Å². The summed E-state index contributed by atoms with van der Waals surface area (Å²) in [6.07, 6.45) is 0.719. The number of hydrazone groups is 1. The van der Waals surface area contributed by atoms with Crippen molar-refractivity contribution in [3.05, 3.63) is 64.2 Å². The van der Waals surface area contributed by atoms with Crippen molar-refractivity contribution in [2.24, 2.45) is 5.10 Å². The summed E-state index contributed by atoms with van der Waals surface area (Å²) in [5.41, 5.74) is 5.58. The third-order valence-electron chi connectivity index (χ3n) is 3.19. The van der Waals surface area contributed by atoms with Gasteiger partial charge < -0.3 is 4.74 Å². The molecule has 6 nitrogen and oxygen atoms in total. The SMILES string of the molecule is O=[N+]([O-])c1ccc(N/N=C2/CCOc3ccccc32)cc1. The number of hydrogen-bond acceptors (Lipinski definition) is 5. The van der Waals surface area contributed by atoms with E-state index in [1.165, 1.54) is 12.1 Å². The molecule has 0 saturated heterocycles. The fraction of sp³-hybridized carbons (Fsp3) is 0.133. The highest BCUT2D eigenvalue weighted by Gasteiger charge is 2.15. The first-order chi connectivity index (χ1) is 10.2. The van der Waals surface area contributed by atoms with Crippen LogP contribution in [0.1, 0.15) is 12.0 Å². The fourth-order valence-electron chi connectivity index (χ4n) is 2.13. The van der Waals surface area contributed by atoms with E-state index in [9.17, 15) is 10.1 Å². The molecule has 0 amide bonds. The van der Waals surface area contributed by atoms with Gasteiger partial charge in [0.2, 0.25) is 0 Å². The zero-order chi connectivity index (χ0) is 14.7. The molecule has 0 fully saturated rings. The Morgan fingerprint density at radius 1 is 1.14 bits per heavy atom. The Morgan fingerprint density at radius 3 is 2.67 bits per heavy atom. The van der Waals surface area contributed by atoms with E-state index >= 15 is 0 Å². The number of ether oxygens (including phenoxy) is 1. The molecule has 0 aromatic heterocycles. The van der Waals surface area contributed by atoms with Crippen molar-refractivity contribution >= 4 is 17.1 Å². The molecule has 6 heteroatoms. The Hall–Kier alpha value is -2.89. The number of non-ortho nitro benzene ring substituents is 1. The van der Waals surface area contributed by atoms with Crippen LogP contribution in [0.3, 0.4) is 0 Å². The third-order valence-corrected chi connectivity index (χ3v) is 3.19. The molecule has 1 aliphatic rings. The minimum Gasteiger partial charge on any atom is -0.492 e. The molecule has 0 atom stereocenters. The topological polar surface area (TPSA) is 76.8 Å². The van der Waals surface area contributed by atoms with Gasteiger partial charge in [-0.05, 0) is 24.3 Å². The normalized spacial score (nSPS) is 15.1.